The van der Waals surface area contributed by atoms with Crippen molar-refractivity contribution < 1.29 is 0 Å². The van der Waals surface area contributed by atoms with Crippen molar-refractivity contribution in [2.45, 2.75) is 38.6 Å². The second-order valence-electron chi connectivity index (χ2n) is 3.83. The van der Waals surface area contributed by atoms with E-state index < -0.39 is 0 Å². The predicted molar refractivity (Wildman–Crippen MR) is 52.7 cm³/mol. The molecule has 1 saturated heterocycles. The summed E-state index contributed by atoms with van der Waals surface area (Å²) in [6, 6.07) is 0.649. The molecule has 0 radical (unpaired) electrons. The van der Waals surface area contributed by atoms with Crippen LogP contribution >= 0.6 is 0 Å². The molecule has 2 N–H and O–H groups in total. The van der Waals surface area contributed by atoms with Gasteiger partial charge in [-0.25, -0.2) is 4.98 Å². The van der Waals surface area contributed by atoms with Gasteiger partial charge in [-0.2, -0.15) is 0 Å². The van der Waals surface area contributed by atoms with Crippen LogP contribution in [0.2, 0.25) is 0 Å². The second kappa shape index (κ2) is 3.92. The largest absolute Gasteiger partial charge is 0.348 e. The second-order valence-corrected chi connectivity index (χ2v) is 3.83. The zero-order chi connectivity index (χ0) is 9.10. The fraction of sp³-hybridized carbons (Fsp3) is 0.700. The molecule has 0 spiro atoms. The van der Waals surface area contributed by atoms with Crippen LogP contribution < -0.4 is 5.32 Å². The number of aryl methyl sites for hydroxylation is 1. The van der Waals surface area contributed by atoms with Crippen molar-refractivity contribution in [1.82, 2.24) is 15.3 Å². The number of nitrogens with one attached hydrogen (secondary N) is 2. The summed E-state index contributed by atoms with van der Waals surface area (Å²) in [5, 5.41) is 3.53. The van der Waals surface area contributed by atoms with Crippen LogP contribution in [-0.4, -0.2) is 22.6 Å². The first-order valence-corrected chi connectivity index (χ1v) is 5.08. The van der Waals surface area contributed by atoms with Crippen LogP contribution in [0.5, 0.6) is 0 Å². The minimum absolute atomic E-state index is 0.649. The van der Waals surface area contributed by atoms with E-state index in [2.05, 4.69) is 22.2 Å². The van der Waals surface area contributed by atoms with Crippen molar-refractivity contribution in [3.63, 3.8) is 0 Å². The molecule has 2 rings (SSSR count). The van der Waals surface area contributed by atoms with Gasteiger partial charge in [-0.15, -0.1) is 0 Å². The highest BCUT2D eigenvalue weighted by atomic mass is 14.9. The fourth-order valence-electron chi connectivity index (χ4n) is 1.92. The van der Waals surface area contributed by atoms with Gasteiger partial charge in [0.15, 0.2) is 0 Å². The molecule has 13 heavy (non-hydrogen) atoms. The van der Waals surface area contributed by atoms with E-state index in [1.165, 1.54) is 37.2 Å². The summed E-state index contributed by atoms with van der Waals surface area (Å²) in [7, 11) is 0. The van der Waals surface area contributed by atoms with Crippen LogP contribution in [-0.2, 0) is 6.42 Å². The molecule has 0 amide bonds. The first-order valence-electron chi connectivity index (χ1n) is 5.08. The van der Waals surface area contributed by atoms with Gasteiger partial charge in [0.25, 0.3) is 0 Å². The van der Waals surface area contributed by atoms with Gasteiger partial charge < -0.3 is 10.3 Å². The molecule has 2 heterocycles. The molecular formula is C10H17N3. The molecule has 1 aromatic rings. The van der Waals surface area contributed by atoms with Gasteiger partial charge >= 0.3 is 0 Å². The van der Waals surface area contributed by atoms with E-state index >= 15 is 0 Å². The number of rotatable bonds is 2. The third-order valence-electron chi connectivity index (χ3n) is 2.79. The Hall–Kier alpha value is -0.830. The van der Waals surface area contributed by atoms with Gasteiger partial charge in [0.2, 0.25) is 0 Å². The maximum absolute atomic E-state index is 4.31. The number of imidazole rings is 1. The third kappa shape index (κ3) is 2.10. The Labute approximate surface area is 79.0 Å². The van der Waals surface area contributed by atoms with Crippen molar-refractivity contribution >= 4 is 0 Å². The number of hydrogen-bond acceptors (Lipinski definition) is 2. The third-order valence-corrected chi connectivity index (χ3v) is 2.79. The first kappa shape index (κ1) is 8.75. The normalized spacial score (nSPS) is 23.3. The summed E-state index contributed by atoms with van der Waals surface area (Å²) in [6.07, 6.45) is 6.85. The van der Waals surface area contributed by atoms with Crippen molar-refractivity contribution in [3.8, 4) is 0 Å². The topological polar surface area (TPSA) is 40.7 Å². The highest BCUT2D eigenvalue weighted by Crippen LogP contribution is 2.12. The van der Waals surface area contributed by atoms with E-state index in [0.717, 1.165) is 6.42 Å². The molecule has 1 aliphatic rings. The van der Waals surface area contributed by atoms with E-state index in [-0.39, 0.29) is 0 Å². The van der Waals surface area contributed by atoms with Gasteiger partial charge in [-0.05, 0) is 26.3 Å². The lowest BCUT2D eigenvalue weighted by Crippen LogP contribution is -2.35. The molecule has 0 aliphatic carbocycles. The Balaban J connectivity index is 1.93. The highest BCUT2D eigenvalue weighted by Gasteiger charge is 2.14. The summed E-state index contributed by atoms with van der Waals surface area (Å²) >= 11 is 0. The summed E-state index contributed by atoms with van der Waals surface area (Å²) < 4.78 is 0. The van der Waals surface area contributed by atoms with E-state index in [1.807, 2.05) is 0 Å². The molecule has 0 saturated carbocycles. The van der Waals surface area contributed by atoms with Crippen molar-refractivity contribution in [3.05, 3.63) is 17.7 Å². The SMILES string of the molecule is Cc1[nH]cnc1CC1CCCCN1. The molecule has 0 bridgehead atoms. The van der Waals surface area contributed by atoms with Gasteiger partial charge in [-0.1, -0.05) is 6.42 Å². The molecule has 0 aromatic carbocycles. The van der Waals surface area contributed by atoms with Crippen LogP contribution in [0.25, 0.3) is 0 Å². The molecule has 72 valence electrons. The Morgan fingerprint density at radius 3 is 3.08 bits per heavy atom. The summed E-state index contributed by atoms with van der Waals surface area (Å²) in [5.41, 5.74) is 2.44. The summed E-state index contributed by atoms with van der Waals surface area (Å²) in [6.45, 7) is 3.26. The minimum Gasteiger partial charge on any atom is -0.348 e. The molecule has 3 heteroatoms. The van der Waals surface area contributed by atoms with Gasteiger partial charge in [0, 0.05) is 18.2 Å². The molecule has 1 unspecified atom stereocenters. The average molecular weight is 179 g/mol. The minimum atomic E-state index is 0.649. The highest BCUT2D eigenvalue weighted by molar-refractivity contribution is 5.10. The predicted octanol–water partition coefficient (Wildman–Crippen LogP) is 1.40. The average Bonchev–Trinajstić information content (AvgIpc) is 2.54. The molecular weight excluding hydrogens is 162 g/mol. The Kier molecular flexibility index (Phi) is 2.64. The number of H-pyrrole nitrogens is 1. The number of aromatic amines is 1. The van der Waals surface area contributed by atoms with Gasteiger partial charge in [0.05, 0.1) is 12.0 Å². The zero-order valence-corrected chi connectivity index (χ0v) is 8.14. The summed E-state index contributed by atoms with van der Waals surface area (Å²) in [4.78, 5) is 7.43. The lowest BCUT2D eigenvalue weighted by molar-refractivity contribution is 0.397. The maximum Gasteiger partial charge on any atom is 0.0925 e. The van der Waals surface area contributed by atoms with Crippen LogP contribution in [0.15, 0.2) is 6.33 Å². The van der Waals surface area contributed by atoms with Gasteiger partial charge in [0.1, 0.15) is 0 Å². The monoisotopic (exact) mass is 179 g/mol. The van der Waals surface area contributed by atoms with Crippen LogP contribution in [0, 0.1) is 6.92 Å². The van der Waals surface area contributed by atoms with Crippen molar-refractivity contribution in [2.75, 3.05) is 6.54 Å². The molecule has 1 atom stereocenters. The zero-order valence-electron chi connectivity index (χ0n) is 8.14. The smallest absolute Gasteiger partial charge is 0.0925 e. The Bertz CT molecular complexity index is 261. The van der Waals surface area contributed by atoms with Crippen molar-refractivity contribution in [1.29, 1.82) is 0 Å². The van der Waals surface area contributed by atoms with E-state index in [0.29, 0.717) is 6.04 Å². The van der Waals surface area contributed by atoms with Gasteiger partial charge in [-0.3, -0.25) is 0 Å². The van der Waals surface area contributed by atoms with E-state index in [4.69, 9.17) is 0 Å². The molecule has 1 aliphatic heterocycles. The van der Waals surface area contributed by atoms with Crippen LogP contribution in [0.1, 0.15) is 30.7 Å². The number of hydrogen-bond donors (Lipinski definition) is 2. The van der Waals surface area contributed by atoms with E-state index in [9.17, 15) is 0 Å². The molecule has 1 aromatic heterocycles. The molecule has 3 nitrogen and oxygen atoms in total. The standard InChI is InChI=1S/C10H17N3/c1-8-10(13-7-12-8)6-9-4-2-3-5-11-9/h7,9,11H,2-6H2,1H3,(H,12,13). The Morgan fingerprint density at radius 1 is 1.54 bits per heavy atom. The first-order chi connectivity index (χ1) is 6.36. The number of nitrogens with zero attached hydrogens (tertiary/aromatic N) is 1. The molecule has 1 fully saturated rings. The fourth-order valence-corrected chi connectivity index (χ4v) is 1.92. The Morgan fingerprint density at radius 2 is 2.46 bits per heavy atom. The van der Waals surface area contributed by atoms with Crippen molar-refractivity contribution in [2.24, 2.45) is 0 Å². The number of aromatic nitrogens is 2. The quantitative estimate of drug-likeness (QED) is 0.720. The lowest BCUT2D eigenvalue weighted by atomic mass is 10.00. The van der Waals surface area contributed by atoms with Crippen LogP contribution in [0.4, 0.5) is 0 Å². The van der Waals surface area contributed by atoms with Crippen LogP contribution in [0.3, 0.4) is 0 Å². The lowest BCUT2D eigenvalue weighted by Gasteiger charge is -2.22. The number of piperidine rings is 1. The van der Waals surface area contributed by atoms with E-state index in [1.54, 1.807) is 6.33 Å². The maximum atomic E-state index is 4.31. The summed E-state index contributed by atoms with van der Waals surface area (Å²) in [5.74, 6) is 0.